The Bertz CT molecular complexity index is 390. The van der Waals surface area contributed by atoms with E-state index in [1.807, 2.05) is 0 Å². The quantitative estimate of drug-likeness (QED) is 0.863. The van der Waals surface area contributed by atoms with Gasteiger partial charge in [0.1, 0.15) is 0 Å². The van der Waals surface area contributed by atoms with Crippen LogP contribution in [-0.2, 0) is 12.8 Å². The second-order valence-electron chi connectivity index (χ2n) is 6.09. The fourth-order valence-corrected chi connectivity index (χ4v) is 3.61. The van der Waals surface area contributed by atoms with Gasteiger partial charge in [-0.05, 0) is 55.3 Å². The average molecular weight is 244 g/mol. The minimum atomic E-state index is 0.697. The minimum absolute atomic E-state index is 0.697. The van der Waals surface area contributed by atoms with Crippen LogP contribution in [0.4, 0.5) is 0 Å². The lowest BCUT2D eigenvalue weighted by atomic mass is 9.86. The zero-order valence-electron chi connectivity index (χ0n) is 11.3. The minimum Gasteiger partial charge on any atom is -0.330 e. The molecule has 1 heterocycles. The summed E-state index contributed by atoms with van der Waals surface area (Å²) >= 11 is 0. The summed E-state index contributed by atoms with van der Waals surface area (Å²) in [6.07, 6.45) is 3.79. The number of fused-ring (bicyclic) bond motifs is 1. The Kier molecular flexibility index (Phi) is 3.40. The second kappa shape index (κ2) is 5.02. The molecule has 2 heteroatoms. The van der Waals surface area contributed by atoms with Crippen molar-refractivity contribution in [1.29, 1.82) is 0 Å². The molecule has 2 nitrogen and oxygen atoms in total. The zero-order valence-corrected chi connectivity index (χ0v) is 11.3. The number of nitrogens with two attached hydrogens (primary N) is 1. The van der Waals surface area contributed by atoms with Gasteiger partial charge in [0.2, 0.25) is 0 Å². The van der Waals surface area contributed by atoms with Crippen LogP contribution in [0, 0.1) is 11.8 Å². The number of piperidine rings is 1. The largest absolute Gasteiger partial charge is 0.330 e. The summed E-state index contributed by atoms with van der Waals surface area (Å²) in [5.74, 6) is 1.50. The monoisotopic (exact) mass is 244 g/mol. The first-order valence-electron chi connectivity index (χ1n) is 7.29. The van der Waals surface area contributed by atoms with Gasteiger partial charge in [0.05, 0.1) is 0 Å². The van der Waals surface area contributed by atoms with Crippen molar-refractivity contribution in [2.75, 3.05) is 19.6 Å². The maximum atomic E-state index is 5.91. The molecule has 3 rings (SSSR count). The van der Waals surface area contributed by atoms with E-state index in [1.165, 1.54) is 32.4 Å². The molecule has 1 aromatic carbocycles. The fraction of sp³-hybridized carbons (Fsp3) is 0.625. The van der Waals surface area contributed by atoms with E-state index in [0.717, 1.165) is 18.5 Å². The van der Waals surface area contributed by atoms with Gasteiger partial charge < -0.3 is 5.73 Å². The van der Waals surface area contributed by atoms with Crippen LogP contribution in [-0.4, -0.2) is 30.6 Å². The van der Waals surface area contributed by atoms with Crippen LogP contribution in [0.3, 0.4) is 0 Å². The summed E-state index contributed by atoms with van der Waals surface area (Å²) in [4.78, 5) is 2.69. The van der Waals surface area contributed by atoms with Crippen molar-refractivity contribution in [2.45, 2.75) is 32.2 Å². The predicted molar refractivity (Wildman–Crippen MR) is 75.5 cm³/mol. The van der Waals surface area contributed by atoms with Crippen LogP contribution in [0.2, 0.25) is 0 Å². The Labute approximate surface area is 110 Å². The van der Waals surface area contributed by atoms with Crippen molar-refractivity contribution in [3.63, 3.8) is 0 Å². The van der Waals surface area contributed by atoms with Crippen molar-refractivity contribution in [3.05, 3.63) is 35.4 Å². The molecule has 0 radical (unpaired) electrons. The zero-order chi connectivity index (χ0) is 12.5. The molecule has 98 valence electrons. The van der Waals surface area contributed by atoms with E-state index in [1.54, 1.807) is 11.1 Å². The van der Waals surface area contributed by atoms with Crippen LogP contribution in [0.5, 0.6) is 0 Å². The van der Waals surface area contributed by atoms with Crippen molar-refractivity contribution < 1.29 is 0 Å². The number of rotatable bonds is 2. The molecule has 0 aromatic heterocycles. The van der Waals surface area contributed by atoms with Crippen LogP contribution >= 0.6 is 0 Å². The number of hydrogen-bond acceptors (Lipinski definition) is 2. The van der Waals surface area contributed by atoms with E-state index in [9.17, 15) is 0 Å². The maximum absolute atomic E-state index is 5.91. The number of benzene rings is 1. The highest BCUT2D eigenvalue weighted by Crippen LogP contribution is 2.30. The molecule has 0 saturated carbocycles. The molecule has 0 bridgehead atoms. The Hall–Kier alpha value is -0.860. The van der Waals surface area contributed by atoms with Gasteiger partial charge in [-0.2, -0.15) is 0 Å². The molecular formula is C16H24N2. The van der Waals surface area contributed by atoms with E-state index in [0.29, 0.717) is 5.92 Å². The third kappa shape index (κ3) is 2.19. The highest BCUT2D eigenvalue weighted by Gasteiger charge is 2.32. The van der Waals surface area contributed by atoms with E-state index >= 15 is 0 Å². The molecule has 0 spiro atoms. The summed E-state index contributed by atoms with van der Waals surface area (Å²) in [6, 6.07) is 9.65. The number of likely N-dealkylation sites (tertiary alicyclic amines) is 1. The lowest BCUT2D eigenvalue weighted by Gasteiger charge is -2.39. The van der Waals surface area contributed by atoms with Crippen LogP contribution in [0.1, 0.15) is 24.5 Å². The van der Waals surface area contributed by atoms with Crippen molar-refractivity contribution in [2.24, 2.45) is 17.6 Å². The summed E-state index contributed by atoms with van der Waals surface area (Å²) in [5, 5.41) is 0. The Morgan fingerprint density at radius 1 is 1.22 bits per heavy atom. The number of nitrogens with zero attached hydrogens (tertiary/aromatic N) is 1. The number of hydrogen-bond donors (Lipinski definition) is 1. The highest BCUT2D eigenvalue weighted by atomic mass is 15.2. The van der Waals surface area contributed by atoms with Crippen LogP contribution < -0.4 is 5.73 Å². The van der Waals surface area contributed by atoms with Gasteiger partial charge in [0, 0.05) is 12.6 Å². The van der Waals surface area contributed by atoms with E-state index in [4.69, 9.17) is 5.73 Å². The molecule has 18 heavy (non-hydrogen) atoms. The second-order valence-corrected chi connectivity index (χ2v) is 6.09. The van der Waals surface area contributed by atoms with Gasteiger partial charge in [-0.1, -0.05) is 31.2 Å². The van der Waals surface area contributed by atoms with E-state index < -0.39 is 0 Å². The third-order valence-corrected chi connectivity index (χ3v) is 4.99. The van der Waals surface area contributed by atoms with Crippen LogP contribution in [0.15, 0.2) is 24.3 Å². The van der Waals surface area contributed by atoms with Crippen molar-refractivity contribution >= 4 is 0 Å². The molecule has 2 atom stereocenters. The summed E-state index contributed by atoms with van der Waals surface area (Å²) in [6.45, 7) is 5.67. The third-order valence-electron chi connectivity index (χ3n) is 4.99. The first-order valence-corrected chi connectivity index (χ1v) is 7.29. The smallest absolute Gasteiger partial charge is 0.0176 e. The van der Waals surface area contributed by atoms with Gasteiger partial charge in [-0.25, -0.2) is 0 Å². The van der Waals surface area contributed by atoms with Crippen molar-refractivity contribution in [3.8, 4) is 0 Å². The Morgan fingerprint density at radius 3 is 2.50 bits per heavy atom. The van der Waals surface area contributed by atoms with Gasteiger partial charge >= 0.3 is 0 Å². The van der Waals surface area contributed by atoms with Gasteiger partial charge in [0.25, 0.3) is 0 Å². The lowest BCUT2D eigenvalue weighted by molar-refractivity contribution is 0.0945. The van der Waals surface area contributed by atoms with E-state index in [2.05, 4.69) is 36.1 Å². The SMILES string of the molecule is CC1CCN(C2Cc3ccccc3C2)CC1CN. The molecular weight excluding hydrogens is 220 g/mol. The van der Waals surface area contributed by atoms with Gasteiger partial charge in [-0.3, -0.25) is 4.90 Å². The molecule has 1 saturated heterocycles. The van der Waals surface area contributed by atoms with Gasteiger partial charge in [0.15, 0.2) is 0 Å². The molecule has 0 amide bonds. The topological polar surface area (TPSA) is 29.3 Å². The maximum Gasteiger partial charge on any atom is 0.0176 e. The normalized spacial score (nSPS) is 29.4. The summed E-state index contributed by atoms with van der Waals surface area (Å²) in [7, 11) is 0. The molecule has 1 aliphatic carbocycles. The Morgan fingerprint density at radius 2 is 1.89 bits per heavy atom. The van der Waals surface area contributed by atoms with Crippen LogP contribution in [0.25, 0.3) is 0 Å². The fourth-order valence-electron chi connectivity index (χ4n) is 3.61. The summed E-state index contributed by atoms with van der Waals surface area (Å²) in [5.41, 5.74) is 9.03. The highest BCUT2D eigenvalue weighted by molar-refractivity contribution is 5.33. The molecule has 2 unspecified atom stereocenters. The molecule has 1 fully saturated rings. The lowest BCUT2D eigenvalue weighted by Crippen LogP contribution is -2.47. The molecule has 1 aliphatic heterocycles. The first-order chi connectivity index (χ1) is 8.78. The van der Waals surface area contributed by atoms with E-state index in [-0.39, 0.29) is 0 Å². The molecule has 1 aromatic rings. The predicted octanol–water partition coefficient (Wildman–Crippen LogP) is 2.07. The standard InChI is InChI=1S/C16H24N2/c1-12-6-7-18(11-15(12)10-17)16-8-13-4-2-3-5-14(13)9-16/h2-5,12,15-16H,6-11,17H2,1H3. The first kappa shape index (κ1) is 12.2. The van der Waals surface area contributed by atoms with Crippen molar-refractivity contribution in [1.82, 2.24) is 4.90 Å². The van der Waals surface area contributed by atoms with Gasteiger partial charge in [-0.15, -0.1) is 0 Å². The molecule has 2 aliphatic rings. The Balaban J connectivity index is 1.68. The molecule has 2 N–H and O–H groups in total. The average Bonchev–Trinajstić information content (AvgIpc) is 2.83. The summed E-state index contributed by atoms with van der Waals surface area (Å²) < 4.78 is 0.